The van der Waals surface area contributed by atoms with Gasteiger partial charge in [0.25, 0.3) is 0 Å². The Labute approximate surface area is 162 Å². The molecular weight excluding hydrogens is 350 g/mol. The number of fused-ring (bicyclic) bond motifs is 2. The van der Waals surface area contributed by atoms with Crippen molar-refractivity contribution in [3.8, 4) is 33.9 Å². The minimum Gasteiger partial charge on any atom is -0.496 e. The Morgan fingerprint density at radius 2 is 1.57 bits per heavy atom. The van der Waals surface area contributed by atoms with Crippen LogP contribution in [0.4, 0.5) is 0 Å². The highest BCUT2D eigenvalue weighted by Gasteiger charge is 2.23. The molecule has 0 unspecified atom stereocenters. The lowest BCUT2D eigenvalue weighted by atomic mass is 10.00. The van der Waals surface area contributed by atoms with Crippen molar-refractivity contribution in [2.24, 2.45) is 0 Å². The Hall–Kier alpha value is -3.66. The fourth-order valence-electron chi connectivity index (χ4n) is 3.78. The average Bonchev–Trinajstić information content (AvgIpc) is 3.37. The van der Waals surface area contributed by atoms with Crippen LogP contribution in [-0.2, 0) is 0 Å². The zero-order valence-electron chi connectivity index (χ0n) is 15.7. The molecular formula is C24H19NO3. The van der Waals surface area contributed by atoms with Crippen LogP contribution in [0.3, 0.4) is 0 Å². The Morgan fingerprint density at radius 3 is 2.32 bits per heavy atom. The largest absolute Gasteiger partial charge is 0.496 e. The number of aromatic nitrogens is 1. The number of benzene rings is 3. The number of nitrogens with one attached hydrogen (secondary N) is 1. The van der Waals surface area contributed by atoms with Crippen molar-refractivity contribution in [3.63, 3.8) is 0 Å². The van der Waals surface area contributed by atoms with Gasteiger partial charge in [0.1, 0.15) is 11.5 Å². The van der Waals surface area contributed by atoms with Gasteiger partial charge in [-0.25, -0.2) is 0 Å². The molecule has 0 aliphatic rings. The Kier molecular flexibility index (Phi) is 3.83. The topological polar surface area (TPSA) is 47.4 Å². The van der Waals surface area contributed by atoms with E-state index in [9.17, 15) is 0 Å². The molecule has 0 aliphatic carbocycles. The van der Waals surface area contributed by atoms with Crippen LogP contribution >= 0.6 is 0 Å². The second kappa shape index (κ2) is 6.50. The number of rotatable bonds is 4. The minimum absolute atomic E-state index is 0.699. The van der Waals surface area contributed by atoms with Crippen molar-refractivity contribution in [3.05, 3.63) is 73.0 Å². The zero-order chi connectivity index (χ0) is 19.1. The maximum Gasteiger partial charge on any atom is 0.151 e. The van der Waals surface area contributed by atoms with E-state index in [1.165, 1.54) is 0 Å². The first kappa shape index (κ1) is 16.5. The summed E-state index contributed by atoms with van der Waals surface area (Å²) >= 11 is 0. The van der Waals surface area contributed by atoms with Crippen LogP contribution < -0.4 is 9.47 Å². The van der Waals surface area contributed by atoms with Crippen LogP contribution in [-0.4, -0.2) is 19.2 Å². The number of hydrogen-bond donors (Lipinski definition) is 1. The molecule has 0 bridgehead atoms. The van der Waals surface area contributed by atoms with Gasteiger partial charge in [0.15, 0.2) is 5.58 Å². The second-order valence-corrected chi connectivity index (χ2v) is 6.65. The van der Waals surface area contributed by atoms with Gasteiger partial charge in [-0.2, -0.15) is 0 Å². The van der Waals surface area contributed by atoms with Crippen molar-refractivity contribution in [1.82, 2.24) is 4.98 Å². The molecule has 0 aliphatic heterocycles. The van der Waals surface area contributed by atoms with Crippen LogP contribution in [0.2, 0.25) is 0 Å². The SMILES string of the molecule is COc1cc(OC)c2c(-c3ccccc3)coc2c1-c1cc2ccccc2[nH]1. The minimum atomic E-state index is 0.699. The lowest BCUT2D eigenvalue weighted by Crippen LogP contribution is -1.93. The third kappa shape index (κ3) is 2.46. The molecule has 4 nitrogen and oxygen atoms in total. The highest BCUT2D eigenvalue weighted by atomic mass is 16.5. The van der Waals surface area contributed by atoms with E-state index in [2.05, 4.69) is 35.3 Å². The van der Waals surface area contributed by atoms with Gasteiger partial charge in [-0.15, -0.1) is 0 Å². The lowest BCUT2D eigenvalue weighted by Gasteiger charge is -2.12. The monoisotopic (exact) mass is 369 g/mol. The molecule has 0 spiro atoms. The third-order valence-electron chi connectivity index (χ3n) is 5.10. The average molecular weight is 369 g/mol. The Morgan fingerprint density at radius 1 is 0.821 bits per heavy atom. The molecule has 2 heterocycles. The normalized spacial score (nSPS) is 11.2. The molecule has 5 aromatic rings. The van der Waals surface area contributed by atoms with Crippen LogP contribution in [0.1, 0.15) is 0 Å². The van der Waals surface area contributed by atoms with Crippen molar-refractivity contribution in [2.45, 2.75) is 0 Å². The predicted molar refractivity (Wildman–Crippen MR) is 112 cm³/mol. The quantitative estimate of drug-likeness (QED) is 0.406. The highest BCUT2D eigenvalue weighted by Crippen LogP contribution is 2.46. The van der Waals surface area contributed by atoms with Crippen molar-refractivity contribution in [2.75, 3.05) is 14.2 Å². The van der Waals surface area contributed by atoms with Crippen LogP contribution in [0, 0.1) is 0 Å². The molecule has 2 aromatic heterocycles. The standard InChI is InChI=1S/C24H19NO3/c1-26-20-13-21(27-2)23(19-12-16-10-6-7-11-18(16)25-19)24-22(20)17(14-28-24)15-8-4-3-5-9-15/h3-14,25H,1-2H3. The summed E-state index contributed by atoms with van der Waals surface area (Å²) in [6.45, 7) is 0. The van der Waals surface area contributed by atoms with Gasteiger partial charge in [0.2, 0.25) is 0 Å². The number of methoxy groups -OCH3 is 2. The molecule has 0 saturated carbocycles. The number of aromatic amines is 1. The molecule has 0 atom stereocenters. The van der Waals surface area contributed by atoms with Crippen molar-refractivity contribution in [1.29, 1.82) is 0 Å². The maximum absolute atomic E-state index is 6.09. The third-order valence-corrected chi connectivity index (χ3v) is 5.10. The number of furan rings is 1. The summed E-state index contributed by atoms with van der Waals surface area (Å²) in [6.07, 6.45) is 1.79. The lowest BCUT2D eigenvalue weighted by molar-refractivity contribution is 0.398. The van der Waals surface area contributed by atoms with E-state index in [1.807, 2.05) is 36.4 Å². The van der Waals surface area contributed by atoms with E-state index in [4.69, 9.17) is 13.9 Å². The summed E-state index contributed by atoms with van der Waals surface area (Å²) < 4.78 is 17.5. The van der Waals surface area contributed by atoms with E-state index in [0.29, 0.717) is 5.75 Å². The van der Waals surface area contributed by atoms with Crippen LogP contribution in [0.5, 0.6) is 11.5 Å². The van der Waals surface area contributed by atoms with Gasteiger partial charge in [0.05, 0.1) is 37.1 Å². The van der Waals surface area contributed by atoms with Crippen LogP contribution in [0.15, 0.2) is 77.4 Å². The molecule has 1 N–H and O–H groups in total. The maximum atomic E-state index is 6.09. The molecule has 0 saturated heterocycles. The number of hydrogen-bond acceptors (Lipinski definition) is 3. The summed E-state index contributed by atoms with van der Waals surface area (Å²) in [5.41, 5.74) is 5.70. The Balaban J connectivity index is 1.85. The van der Waals surface area contributed by atoms with Gasteiger partial charge >= 0.3 is 0 Å². The van der Waals surface area contributed by atoms with Gasteiger partial charge in [0, 0.05) is 22.5 Å². The highest BCUT2D eigenvalue weighted by molar-refractivity contribution is 6.07. The first-order chi connectivity index (χ1) is 13.8. The smallest absolute Gasteiger partial charge is 0.151 e. The molecule has 138 valence electrons. The molecule has 28 heavy (non-hydrogen) atoms. The van der Waals surface area contributed by atoms with Crippen LogP contribution in [0.25, 0.3) is 44.3 Å². The summed E-state index contributed by atoms with van der Waals surface area (Å²) in [4.78, 5) is 3.48. The zero-order valence-corrected chi connectivity index (χ0v) is 15.7. The van der Waals surface area contributed by atoms with E-state index in [1.54, 1.807) is 20.5 Å². The van der Waals surface area contributed by atoms with E-state index < -0.39 is 0 Å². The van der Waals surface area contributed by atoms with Gasteiger partial charge < -0.3 is 18.9 Å². The van der Waals surface area contributed by atoms with Gasteiger partial charge in [-0.3, -0.25) is 0 Å². The fourth-order valence-corrected chi connectivity index (χ4v) is 3.78. The van der Waals surface area contributed by atoms with E-state index in [0.717, 1.165) is 50.0 Å². The molecule has 4 heteroatoms. The number of H-pyrrole nitrogens is 1. The predicted octanol–water partition coefficient (Wildman–Crippen LogP) is 6.27. The summed E-state index contributed by atoms with van der Waals surface area (Å²) in [5.74, 6) is 1.42. The van der Waals surface area contributed by atoms with E-state index in [-0.39, 0.29) is 0 Å². The first-order valence-corrected chi connectivity index (χ1v) is 9.10. The molecule has 0 amide bonds. The number of para-hydroxylation sites is 1. The molecule has 3 aromatic carbocycles. The first-order valence-electron chi connectivity index (χ1n) is 9.10. The molecule has 5 rings (SSSR count). The summed E-state index contributed by atoms with van der Waals surface area (Å²) in [7, 11) is 3.33. The fraction of sp³-hybridized carbons (Fsp3) is 0.0833. The van der Waals surface area contributed by atoms with Crippen molar-refractivity contribution < 1.29 is 13.9 Å². The Bertz CT molecular complexity index is 1250. The molecule has 0 radical (unpaired) electrons. The second-order valence-electron chi connectivity index (χ2n) is 6.65. The van der Waals surface area contributed by atoms with Gasteiger partial charge in [-0.1, -0.05) is 48.5 Å². The molecule has 0 fully saturated rings. The number of ether oxygens (including phenoxy) is 2. The van der Waals surface area contributed by atoms with Gasteiger partial charge in [-0.05, 0) is 17.7 Å². The van der Waals surface area contributed by atoms with Crippen molar-refractivity contribution >= 4 is 21.9 Å². The van der Waals surface area contributed by atoms with E-state index >= 15 is 0 Å². The summed E-state index contributed by atoms with van der Waals surface area (Å²) in [6, 6.07) is 22.4. The summed E-state index contributed by atoms with van der Waals surface area (Å²) in [5, 5.41) is 2.07.